The maximum Gasteiger partial charge on any atom is 0.234 e. The summed E-state index contributed by atoms with van der Waals surface area (Å²) >= 11 is 0. The Hall–Kier alpha value is -2.40. The molecule has 1 aromatic heterocycles. The van der Waals surface area contributed by atoms with Crippen molar-refractivity contribution < 1.29 is 4.79 Å². The van der Waals surface area contributed by atoms with E-state index in [4.69, 9.17) is 5.73 Å². The van der Waals surface area contributed by atoms with Gasteiger partial charge < -0.3 is 11.1 Å². The van der Waals surface area contributed by atoms with Crippen LogP contribution in [-0.2, 0) is 11.3 Å². The van der Waals surface area contributed by atoms with Crippen molar-refractivity contribution in [2.75, 3.05) is 25.4 Å². The molecule has 1 saturated carbocycles. The van der Waals surface area contributed by atoms with Gasteiger partial charge in [0.2, 0.25) is 5.91 Å². The Bertz CT molecular complexity index is 770. The number of nitrogen functional groups attached to an aromatic ring is 1. The first kappa shape index (κ1) is 15.1. The van der Waals surface area contributed by atoms with Crippen LogP contribution in [-0.4, -0.2) is 35.4 Å². The molecule has 1 amide bonds. The van der Waals surface area contributed by atoms with Gasteiger partial charge >= 0.3 is 0 Å². The van der Waals surface area contributed by atoms with E-state index >= 15 is 0 Å². The Balaban J connectivity index is 1.57. The van der Waals surface area contributed by atoms with Crippen molar-refractivity contribution >= 4 is 11.7 Å². The number of nitrogens with zero attached hydrogens (tertiary/aromatic N) is 2. The fourth-order valence-electron chi connectivity index (χ4n) is 3.29. The quantitative estimate of drug-likeness (QED) is 0.905. The van der Waals surface area contributed by atoms with E-state index in [-0.39, 0.29) is 5.91 Å². The third-order valence-corrected chi connectivity index (χ3v) is 4.66. The summed E-state index contributed by atoms with van der Waals surface area (Å²) in [4.78, 5) is 18.2. The molecule has 3 N–H and O–H groups in total. The zero-order valence-corrected chi connectivity index (χ0v) is 13.7. The van der Waals surface area contributed by atoms with Crippen LogP contribution in [0.4, 0.5) is 5.82 Å². The normalized spacial score (nSPS) is 18.4. The maximum absolute atomic E-state index is 11.5. The van der Waals surface area contributed by atoms with Crippen LogP contribution >= 0.6 is 0 Å². The van der Waals surface area contributed by atoms with Crippen LogP contribution in [0.3, 0.4) is 0 Å². The Morgan fingerprint density at radius 2 is 2.12 bits per heavy atom. The van der Waals surface area contributed by atoms with Crippen molar-refractivity contribution in [2.45, 2.75) is 25.3 Å². The molecule has 0 radical (unpaired) electrons. The lowest BCUT2D eigenvalue weighted by Gasteiger charge is -2.26. The summed E-state index contributed by atoms with van der Waals surface area (Å²) in [5.41, 5.74) is 10.5. The van der Waals surface area contributed by atoms with Crippen molar-refractivity contribution in [1.29, 1.82) is 0 Å². The highest BCUT2D eigenvalue weighted by atomic mass is 16.2. The van der Waals surface area contributed by atoms with Gasteiger partial charge in [-0.2, -0.15) is 0 Å². The van der Waals surface area contributed by atoms with E-state index in [1.165, 1.54) is 24.0 Å². The maximum atomic E-state index is 11.5. The van der Waals surface area contributed by atoms with Gasteiger partial charge in [0.15, 0.2) is 0 Å². The summed E-state index contributed by atoms with van der Waals surface area (Å²) in [6.07, 6.45) is 2.50. The monoisotopic (exact) mass is 322 g/mol. The number of piperazine rings is 1. The highest BCUT2D eigenvalue weighted by Gasteiger charge is 2.24. The van der Waals surface area contributed by atoms with E-state index in [9.17, 15) is 4.79 Å². The second-order valence-electron chi connectivity index (χ2n) is 6.75. The number of aromatic nitrogens is 1. The van der Waals surface area contributed by atoms with Crippen LogP contribution in [0.25, 0.3) is 11.3 Å². The van der Waals surface area contributed by atoms with Gasteiger partial charge in [0.25, 0.3) is 0 Å². The van der Waals surface area contributed by atoms with E-state index in [1.54, 1.807) is 0 Å². The first-order chi connectivity index (χ1) is 11.7. The van der Waals surface area contributed by atoms with Crippen molar-refractivity contribution in [3.05, 3.63) is 47.5 Å². The van der Waals surface area contributed by atoms with Crippen molar-refractivity contribution in [3.8, 4) is 11.3 Å². The van der Waals surface area contributed by atoms with Crippen LogP contribution in [0, 0.1) is 0 Å². The van der Waals surface area contributed by atoms with E-state index in [2.05, 4.69) is 45.5 Å². The van der Waals surface area contributed by atoms with Gasteiger partial charge in [0.05, 0.1) is 12.2 Å². The highest BCUT2D eigenvalue weighted by molar-refractivity contribution is 5.78. The number of nitrogens with two attached hydrogens (primary N) is 1. The minimum absolute atomic E-state index is 0.101. The molecule has 0 bridgehead atoms. The number of carbonyl (C=O) groups excluding carboxylic acids is 1. The molecule has 2 heterocycles. The molecule has 2 aliphatic rings. The van der Waals surface area contributed by atoms with E-state index < -0.39 is 0 Å². The van der Waals surface area contributed by atoms with Gasteiger partial charge in [-0.25, -0.2) is 4.98 Å². The summed E-state index contributed by atoms with van der Waals surface area (Å²) in [7, 11) is 0. The molecular weight excluding hydrogens is 300 g/mol. The number of anilines is 1. The molecule has 5 heteroatoms. The highest BCUT2D eigenvalue weighted by Crippen LogP contribution is 2.41. The number of nitrogens with one attached hydrogen (secondary N) is 1. The first-order valence-electron chi connectivity index (χ1n) is 8.53. The molecular formula is C19H22N4O. The number of benzene rings is 1. The number of hydrogen-bond acceptors (Lipinski definition) is 4. The molecule has 4 rings (SSSR count). The summed E-state index contributed by atoms with van der Waals surface area (Å²) in [5.74, 6) is 1.35. The van der Waals surface area contributed by atoms with E-state index in [0.717, 1.165) is 30.9 Å². The first-order valence-corrected chi connectivity index (χ1v) is 8.53. The van der Waals surface area contributed by atoms with Crippen LogP contribution < -0.4 is 11.1 Å². The average molecular weight is 322 g/mol. The predicted octanol–water partition coefficient (Wildman–Crippen LogP) is 2.14. The lowest BCUT2D eigenvalue weighted by atomic mass is 10.0. The number of carbonyl (C=O) groups is 1. The van der Waals surface area contributed by atoms with Gasteiger partial charge in [-0.05, 0) is 48.1 Å². The minimum Gasteiger partial charge on any atom is -0.384 e. The number of rotatable bonds is 4. The lowest BCUT2D eigenvalue weighted by Crippen LogP contribution is -2.47. The smallest absolute Gasteiger partial charge is 0.234 e. The Kier molecular flexibility index (Phi) is 3.94. The topological polar surface area (TPSA) is 71.2 Å². The second-order valence-corrected chi connectivity index (χ2v) is 6.75. The summed E-state index contributed by atoms with van der Waals surface area (Å²) in [6, 6.07) is 12.6. The largest absolute Gasteiger partial charge is 0.384 e. The molecule has 0 unspecified atom stereocenters. The Morgan fingerprint density at radius 3 is 2.92 bits per heavy atom. The van der Waals surface area contributed by atoms with E-state index in [0.29, 0.717) is 18.3 Å². The molecule has 1 aliphatic carbocycles. The molecule has 5 nitrogen and oxygen atoms in total. The molecule has 2 aromatic rings. The summed E-state index contributed by atoms with van der Waals surface area (Å²) in [6.45, 7) is 2.85. The van der Waals surface area contributed by atoms with Gasteiger partial charge in [0, 0.05) is 25.2 Å². The average Bonchev–Trinajstić information content (AvgIpc) is 3.39. The van der Waals surface area contributed by atoms with Gasteiger partial charge in [-0.15, -0.1) is 0 Å². The lowest BCUT2D eigenvalue weighted by molar-refractivity contribution is -0.124. The number of hydrogen-bond donors (Lipinski definition) is 2. The van der Waals surface area contributed by atoms with E-state index in [1.807, 2.05) is 6.07 Å². The fraction of sp³-hybridized carbons (Fsp3) is 0.368. The molecule has 0 atom stereocenters. The van der Waals surface area contributed by atoms with Gasteiger partial charge in [-0.1, -0.05) is 18.2 Å². The molecule has 1 aliphatic heterocycles. The molecule has 0 spiro atoms. The standard InChI is InChI=1S/C19H22N4O/c20-18-10-16(14-4-5-14)9-17(22-18)15-3-1-2-13(8-15)11-23-7-6-21-19(24)12-23/h1-3,8-10,14H,4-7,11-12H2,(H2,20,22)(H,21,24). The predicted molar refractivity (Wildman–Crippen MR) is 94.3 cm³/mol. The third kappa shape index (κ3) is 3.41. The third-order valence-electron chi connectivity index (χ3n) is 4.66. The number of pyridine rings is 1. The number of amides is 1. The van der Waals surface area contributed by atoms with Crippen LogP contribution in [0.2, 0.25) is 0 Å². The zero-order chi connectivity index (χ0) is 16.5. The Labute approximate surface area is 141 Å². The summed E-state index contributed by atoms with van der Waals surface area (Å²) in [5, 5.41) is 2.86. The van der Waals surface area contributed by atoms with Gasteiger partial charge in [0.1, 0.15) is 5.82 Å². The second kappa shape index (κ2) is 6.24. The van der Waals surface area contributed by atoms with Gasteiger partial charge in [-0.3, -0.25) is 9.69 Å². The zero-order valence-electron chi connectivity index (χ0n) is 13.7. The molecule has 2 fully saturated rings. The molecule has 1 saturated heterocycles. The fourth-order valence-corrected chi connectivity index (χ4v) is 3.29. The van der Waals surface area contributed by atoms with Crippen molar-refractivity contribution in [2.24, 2.45) is 0 Å². The van der Waals surface area contributed by atoms with Crippen LogP contribution in [0.5, 0.6) is 0 Å². The molecule has 24 heavy (non-hydrogen) atoms. The SMILES string of the molecule is Nc1cc(C2CC2)cc(-c2cccc(CN3CCNC(=O)C3)c2)n1. The summed E-state index contributed by atoms with van der Waals surface area (Å²) < 4.78 is 0. The van der Waals surface area contributed by atoms with Crippen LogP contribution in [0.15, 0.2) is 36.4 Å². The Morgan fingerprint density at radius 1 is 1.25 bits per heavy atom. The molecule has 124 valence electrons. The minimum atomic E-state index is 0.101. The van der Waals surface area contributed by atoms with Crippen molar-refractivity contribution in [1.82, 2.24) is 15.2 Å². The van der Waals surface area contributed by atoms with Crippen LogP contribution in [0.1, 0.15) is 29.9 Å². The molecule has 1 aromatic carbocycles. The van der Waals surface area contributed by atoms with Crippen molar-refractivity contribution in [3.63, 3.8) is 0 Å².